The molecule has 3 rings (SSSR count). The SMILES string of the molecule is Cc1cc(-c2ccccc2)nc(Nc2cc(I)ccc2C)n1. The van der Waals surface area contributed by atoms with E-state index >= 15 is 0 Å². The van der Waals surface area contributed by atoms with Gasteiger partial charge in [0.15, 0.2) is 0 Å². The van der Waals surface area contributed by atoms with E-state index in [-0.39, 0.29) is 0 Å². The lowest BCUT2D eigenvalue weighted by Gasteiger charge is -2.11. The Labute approximate surface area is 144 Å². The van der Waals surface area contributed by atoms with Crippen LogP contribution in [0.4, 0.5) is 11.6 Å². The Morgan fingerprint density at radius 2 is 1.68 bits per heavy atom. The Bertz CT molecular complexity index is 801. The van der Waals surface area contributed by atoms with Gasteiger partial charge in [-0.05, 0) is 60.2 Å². The summed E-state index contributed by atoms with van der Waals surface area (Å²) >= 11 is 2.31. The summed E-state index contributed by atoms with van der Waals surface area (Å²) < 4.78 is 1.18. The maximum atomic E-state index is 4.65. The van der Waals surface area contributed by atoms with Crippen molar-refractivity contribution in [3.05, 3.63) is 69.4 Å². The minimum atomic E-state index is 0.629. The molecule has 0 fully saturated rings. The number of nitrogens with zero attached hydrogens (tertiary/aromatic N) is 2. The van der Waals surface area contributed by atoms with Crippen molar-refractivity contribution in [2.75, 3.05) is 5.32 Å². The molecule has 1 aromatic heterocycles. The summed E-state index contributed by atoms with van der Waals surface area (Å²) in [4.78, 5) is 9.15. The van der Waals surface area contributed by atoms with E-state index in [1.807, 2.05) is 31.2 Å². The van der Waals surface area contributed by atoms with Crippen LogP contribution < -0.4 is 5.32 Å². The lowest BCUT2D eigenvalue weighted by Crippen LogP contribution is -2.01. The van der Waals surface area contributed by atoms with Crippen LogP contribution in [0, 0.1) is 17.4 Å². The van der Waals surface area contributed by atoms with Crippen molar-refractivity contribution in [2.45, 2.75) is 13.8 Å². The molecule has 0 aliphatic carbocycles. The summed E-state index contributed by atoms with van der Waals surface area (Å²) in [7, 11) is 0. The molecular weight excluding hydrogens is 385 g/mol. The normalized spacial score (nSPS) is 10.5. The molecule has 0 saturated heterocycles. The Hall–Kier alpha value is -1.95. The van der Waals surface area contributed by atoms with E-state index in [0.29, 0.717) is 5.95 Å². The van der Waals surface area contributed by atoms with Crippen LogP contribution in [0.3, 0.4) is 0 Å². The molecule has 110 valence electrons. The smallest absolute Gasteiger partial charge is 0.227 e. The standard InChI is InChI=1S/C18H16IN3/c1-12-8-9-15(19)11-16(12)21-18-20-13(2)10-17(22-18)14-6-4-3-5-7-14/h3-11H,1-2H3,(H,20,21,22). The zero-order valence-corrected chi connectivity index (χ0v) is 14.6. The molecular formula is C18H16IN3. The van der Waals surface area contributed by atoms with Crippen LogP contribution in [-0.2, 0) is 0 Å². The molecule has 22 heavy (non-hydrogen) atoms. The topological polar surface area (TPSA) is 37.8 Å². The van der Waals surface area contributed by atoms with Crippen molar-refractivity contribution in [1.82, 2.24) is 9.97 Å². The predicted octanol–water partition coefficient (Wildman–Crippen LogP) is 5.11. The highest BCUT2D eigenvalue weighted by Gasteiger charge is 2.06. The van der Waals surface area contributed by atoms with Crippen LogP contribution in [0.15, 0.2) is 54.6 Å². The van der Waals surface area contributed by atoms with E-state index in [1.165, 1.54) is 9.13 Å². The van der Waals surface area contributed by atoms with Gasteiger partial charge in [-0.2, -0.15) is 0 Å². The van der Waals surface area contributed by atoms with Gasteiger partial charge in [0, 0.05) is 20.5 Å². The van der Waals surface area contributed by atoms with Crippen molar-refractivity contribution < 1.29 is 0 Å². The van der Waals surface area contributed by atoms with Crippen LogP contribution >= 0.6 is 22.6 Å². The number of hydrogen-bond donors (Lipinski definition) is 1. The second-order valence-electron chi connectivity index (χ2n) is 5.17. The zero-order chi connectivity index (χ0) is 15.5. The van der Waals surface area contributed by atoms with E-state index in [0.717, 1.165) is 22.6 Å². The fourth-order valence-electron chi connectivity index (χ4n) is 2.23. The number of aryl methyl sites for hydroxylation is 2. The zero-order valence-electron chi connectivity index (χ0n) is 12.5. The van der Waals surface area contributed by atoms with Gasteiger partial charge in [-0.15, -0.1) is 0 Å². The molecule has 4 heteroatoms. The quantitative estimate of drug-likeness (QED) is 0.620. The Morgan fingerprint density at radius 3 is 2.45 bits per heavy atom. The van der Waals surface area contributed by atoms with Gasteiger partial charge in [0.05, 0.1) is 5.69 Å². The number of aromatic nitrogens is 2. The number of rotatable bonds is 3. The summed E-state index contributed by atoms with van der Waals surface area (Å²) in [5.41, 5.74) is 5.18. The number of benzene rings is 2. The molecule has 3 nitrogen and oxygen atoms in total. The van der Waals surface area contributed by atoms with Crippen molar-refractivity contribution in [1.29, 1.82) is 0 Å². The maximum Gasteiger partial charge on any atom is 0.227 e. The Balaban J connectivity index is 1.98. The van der Waals surface area contributed by atoms with Crippen LogP contribution in [0.25, 0.3) is 11.3 Å². The second kappa shape index (κ2) is 6.44. The third-order valence-corrected chi connectivity index (χ3v) is 4.04. The number of nitrogens with one attached hydrogen (secondary N) is 1. The number of anilines is 2. The van der Waals surface area contributed by atoms with Gasteiger partial charge in [0.25, 0.3) is 0 Å². The van der Waals surface area contributed by atoms with Crippen LogP contribution in [0.5, 0.6) is 0 Å². The minimum Gasteiger partial charge on any atom is -0.324 e. The monoisotopic (exact) mass is 401 g/mol. The van der Waals surface area contributed by atoms with Gasteiger partial charge in [-0.25, -0.2) is 9.97 Å². The average molecular weight is 401 g/mol. The van der Waals surface area contributed by atoms with Gasteiger partial charge in [0.1, 0.15) is 0 Å². The summed E-state index contributed by atoms with van der Waals surface area (Å²) in [5.74, 6) is 0.629. The first-order valence-electron chi connectivity index (χ1n) is 7.06. The van der Waals surface area contributed by atoms with Gasteiger partial charge >= 0.3 is 0 Å². The lowest BCUT2D eigenvalue weighted by molar-refractivity contribution is 1.11. The fourth-order valence-corrected chi connectivity index (χ4v) is 2.72. The van der Waals surface area contributed by atoms with Crippen molar-refractivity contribution >= 4 is 34.2 Å². The highest BCUT2D eigenvalue weighted by Crippen LogP contribution is 2.23. The summed E-state index contributed by atoms with van der Waals surface area (Å²) in [6.45, 7) is 4.06. The molecule has 1 heterocycles. The minimum absolute atomic E-state index is 0.629. The first kappa shape index (κ1) is 15.0. The predicted molar refractivity (Wildman–Crippen MR) is 99.4 cm³/mol. The van der Waals surface area contributed by atoms with E-state index < -0.39 is 0 Å². The van der Waals surface area contributed by atoms with E-state index in [2.05, 4.69) is 75.1 Å². The van der Waals surface area contributed by atoms with Gasteiger partial charge in [-0.3, -0.25) is 0 Å². The van der Waals surface area contributed by atoms with Crippen LogP contribution in [0.2, 0.25) is 0 Å². The van der Waals surface area contributed by atoms with E-state index in [4.69, 9.17) is 0 Å². The summed E-state index contributed by atoms with van der Waals surface area (Å²) in [6, 6.07) is 18.4. The molecule has 0 aliphatic heterocycles. The van der Waals surface area contributed by atoms with Crippen molar-refractivity contribution in [2.24, 2.45) is 0 Å². The second-order valence-corrected chi connectivity index (χ2v) is 6.41. The van der Waals surface area contributed by atoms with Gasteiger partial charge < -0.3 is 5.32 Å². The van der Waals surface area contributed by atoms with Crippen molar-refractivity contribution in [3.8, 4) is 11.3 Å². The van der Waals surface area contributed by atoms with Crippen LogP contribution in [-0.4, -0.2) is 9.97 Å². The molecule has 0 atom stereocenters. The first-order chi connectivity index (χ1) is 10.6. The first-order valence-corrected chi connectivity index (χ1v) is 8.14. The molecule has 2 aromatic carbocycles. The molecule has 0 aliphatic rings. The molecule has 1 N–H and O–H groups in total. The number of halogens is 1. The molecule has 0 radical (unpaired) electrons. The summed E-state index contributed by atoms with van der Waals surface area (Å²) in [6.07, 6.45) is 0. The van der Waals surface area contributed by atoms with Gasteiger partial charge in [-0.1, -0.05) is 36.4 Å². The lowest BCUT2D eigenvalue weighted by atomic mass is 10.1. The van der Waals surface area contributed by atoms with Gasteiger partial charge in [0.2, 0.25) is 5.95 Å². The molecule has 0 unspecified atom stereocenters. The third kappa shape index (κ3) is 3.44. The largest absolute Gasteiger partial charge is 0.324 e. The highest BCUT2D eigenvalue weighted by molar-refractivity contribution is 14.1. The molecule has 0 spiro atoms. The van der Waals surface area contributed by atoms with E-state index in [1.54, 1.807) is 0 Å². The molecule has 0 saturated carbocycles. The molecule has 3 aromatic rings. The summed E-state index contributed by atoms with van der Waals surface area (Å²) in [5, 5.41) is 3.34. The Kier molecular flexibility index (Phi) is 4.38. The Morgan fingerprint density at radius 1 is 0.909 bits per heavy atom. The maximum absolute atomic E-state index is 4.65. The van der Waals surface area contributed by atoms with Crippen LogP contribution in [0.1, 0.15) is 11.3 Å². The van der Waals surface area contributed by atoms with E-state index in [9.17, 15) is 0 Å². The van der Waals surface area contributed by atoms with Crippen molar-refractivity contribution in [3.63, 3.8) is 0 Å². The molecule has 0 bridgehead atoms. The fraction of sp³-hybridized carbons (Fsp3) is 0.111. The third-order valence-electron chi connectivity index (χ3n) is 3.37. The average Bonchev–Trinajstić information content (AvgIpc) is 2.51. The molecule has 0 amide bonds. The highest BCUT2D eigenvalue weighted by atomic mass is 127. The number of hydrogen-bond acceptors (Lipinski definition) is 3.